The highest BCUT2D eigenvalue weighted by Gasteiger charge is 2.27. The summed E-state index contributed by atoms with van der Waals surface area (Å²) in [7, 11) is -3.56. The molecule has 3 rings (SSSR count). The Balaban J connectivity index is 1.44. The molecule has 9 nitrogen and oxygen atoms in total. The molecule has 11 heteroatoms. The van der Waals surface area contributed by atoms with Gasteiger partial charge < -0.3 is 10.2 Å². The van der Waals surface area contributed by atoms with Crippen LogP contribution in [0.15, 0.2) is 48.5 Å². The van der Waals surface area contributed by atoms with Gasteiger partial charge in [0, 0.05) is 44.9 Å². The lowest BCUT2D eigenvalue weighted by Crippen LogP contribution is -2.50. The summed E-state index contributed by atoms with van der Waals surface area (Å²) in [4.78, 5) is 24.0. The molecule has 0 bridgehead atoms. The largest absolute Gasteiger partial charge is 0.367 e. The smallest absolute Gasteiger partial charge is 0.269 e. The third-order valence-corrected chi connectivity index (χ3v) is 6.89. The number of non-ortho nitro benzene ring substituents is 1. The first-order valence-corrected chi connectivity index (χ1v) is 11.3. The maximum atomic E-state index is 13.9. The first-order chi connectivity index (χ1) is 14.8. The van der Waals surface area contributed by atoms with Crippen molar-refractivity contribution in [1.82, 2.24) is 9.62 Å². The van der Waals surface area contributed by atoms with Crippen LogP contribution in [0, 0.1) is 15.9 Å². The molecule has 1 saturated heterocycles. The Hall–Kier alpha value is -3.05. The Morgan fingerprint density at radius 1 is 1.06 bits per heavy atom. The number of carbonyl (C=O) groups is 1. The molecule has 2 aromatic rings. The second-order valence-corrected chi connectivity index (χ2v) is 9.19. The van der Waals surface area contributed by atoms with E-state index in [9.17, 15) is 27.7 Å². The summed E-state index contributed by atoms with van der Waals surface area (Å²) in [5, 5.41) is 13.2. The molecule has 1 fully saturated rings. The Labute approximate surface area is 179 Å². The van der Waals surface area contributed by atoms with Crippen molar-refractivity contribution in [3.63, 3.8) is 0 Å². The third-order valence-electron chi connectivity index (χ3n) is 5.02. The number of nitro benzene ring substituents is 1. The molecule has 0 spiro atoms. The standard InChI is InChI=1S/C20H23FN4O5S/c21-18-3-1-2-4-19(18)23-10-12-24(13-11-23)31(29,30)14-9-22-20(26)15-16-5-7-17(8-6-16)25(27)28/h1-8H,9-15H2,(H,22,26). The number of sulfonamides is 1. The van der Waals surface area contributed by atoms with E-state index in [1.807, 2.05) is 4.90 Å². The molecular formula is C20H23FN4O5S. The van der Waals surface area contributed by atoms with Crippen LogP contribution in [-0.4, -0.2) is 62.0 Å². The number of benzene rings is 2. The number of halogens is 1. The van der Waals surface area contributed by atoms with Gasteiger partial charge in [-0.1, -0.05) is 24.3 Å². The molecule has 0 saturated carbocycles. The zero-order valence-electron chi connectivity index (χ0n) is 16.7. The van der Waals surface area contributed by atoms with Crippen LogP contribution in [0.5, 0.6) is 0 Å². The van der Waals surface area contributed by atoms with Crippen LogP contribution in [0.25, 0.3) is 0 Å². The lowest BCUT2D eigenvalue weighted by Gasteiger charge is -2.35. The Morgan fingerprint density at radius 3 is 2.32 bits per heavy atom. The summed E-state index contributed by atoms with van der Waals surface area (Å²) < 4.78 is 40.4. The van der Waals surface area contributed by atoms with E-state index in [0.29, 0.717) is 24.3 Å². The van der Waals surface area contributed by atoms with Gasteiger partial charge >= 0.3 is 0 Å². The van der Waals surface area contributed by atoms with Crippen molar-refractivity contribution in [2.75, 3.05) is 43.4 Å². The van der Waals surface area contributed by atoms with Crippen molar-refractivity contribution >= 4 is 27.3 Å². The number of nitro groups is 1. The van der Waals surface area contributed by atoms with Gasteiger partial charge in [0.05, 0.1) is 22.8 Å². The minimum atomic E-state index is -3.56. The molecule has 2 aromatic carbocycles. The molecule has 1 heterocycles. The minimum Gasteiger partial charge on any atom is -0.367 e. The van der Waals surface area contributed by atoms with E-state index >= 15 is 0 Å². The van der Waals surface area contributed by atoms with E-state index in [-0.39, 0.29) is 49.2 Å². The molecule has 0 atom stereocenters. The highest BCUT2D eigenvalue weighted by Crippen LogP contribution is 2.21. The van der Waals surface area contributed by atoms with Gasteiger partial charge in [0.2, 0.25) is 15.9 Å². The fraction of sp³-hybridized carbons (Fsp3) is 0.350. The van der Waals surface area contributed by atoms with Crippen molar-refractivity contribution in [2.24, 2.45) is 0 Å². The maximum Gasteiger partial charge on any atom is 0.269 e. The van der Waals surface area contributed by atoms with Gasteiger partial charge in [-0.2, -0.15) is 4.31 Å². The lowest BCUT2D eigenvalue weighted by atomic mass is 10.1. The predicted octanol–water partition coefficient (Wildman–Crippen LogP) is 1.54. The number of rotatable bonds is 8. The van der Waals surface area contributed by atoms with Gasteiger partial charge in [-0.3, -0.25) is 14.9 Å². The summed E-state index contributed by atoms with van der Waals surface area (Å²) in [6.45, 7) is 1.21. The average Bonchev–Trinajstić information content (AvgIpc) is 2.74. The zero-order valence-corrected chi connectivity index (χ0v) is 17.6. The van der Waals surface area contributed by atoms with Crippen molar-refractivity contribution in [3.05, 3.63) is 70.0 Å². The third kappa shape index (κ3) is 5.98. The topological polar surface area (TPSA) is 113 Å². The monoisotopic (exact) mass is 450 g/mol. The number of anilines is 1. The number of nitrogens with one attached hydrogen (secondary N) is 1. The van der Waals surface area contributed by atoms with Crippen LogP contribution in [0.4, 0.5) is 15.8 Å². The second-order valence-electron chi connectivity index (χ2n) is 7.10. The number of piperazine rings is 1. The van der Waals surface area contributed by atoms with Crippen LogP contribution in [0.3, 0.4) is 0 Å². The van der Waals surface area contributed by atoms with Gasteiger partial charge in [-0.15, -0.1) is 0 Å². The van der Waals surface area contributed by atoms with Gasteiger partial charge in [0.15, 0.2) is 0 Å². The number of nitrogens with zero attached hydrogens (tertiary/aromatic N) is 3. The Kier molecular flexibility index (Phi) is 7.18. The summed E-state index contributed by atoms with van der Waals surface area (Å²) in [5.74, 6) is -0.943. The van der Waals surface area contributed by atoms with Gasteiger partial charge in [0.25, 0.3) is 5.69 Å². The van der Waals surface area contributed by atoms with Crippen LogP contribution in [0.2, 0.25) is 0 Å². The summed E-state index contributed by atoms with van der Waals surface area (Å²) >= 11 is 0. The van der Waals surface area contributed by atoms with E-state index in [0.717, 1.165) is 0 Å². The van der Waals surface area contributed by atoms with E-state index in [1.165, 1.54) is 34.6 Å². The molecular weight excluding hydrogens is 427 g/mol. The molecule has 166 valence electrons. The van der Waals surface area contributed by atoms with Crippen LogP contribution >= 0.6 is 0 Å². The van der Waals surface area contributed by atoms with E-state index in [1.54, 1.807) is 18.2 Å². The summed E-state index contributed by atoms with van der Waals surface area (Å²) in [6, 6.07) is 12.0. The van der Waals surface area contributed by atoms with E-state index in [4.69, 9.17) is 0 Å². The molecule has 0 unspecified atom stereocenters. The predicted molar refractivity (Wildman–Crippen MR) is 114 cm³/mol. The Bertz CT molecular complexity index is 1040. The van der Waals surface area contributed by atoms with Crippen molar-refractivity contribution in [3.8, 4) is 0 Å². The molecule has 0 aliphatic carbocycles. The maximum absolute atomic E-state index is 13.9. The number of hydrogen-bond donors (Lipinski definition) is 1. The molecule has 1 N–H and O–H groups in total. The van der Waals surface area contributed by atoms with Gasteiger partial charge in [-0.25, -0.2) is 12.8 Å². The van der Waals surface area contributed by atoms with E-state index < -0.39 is 14.9 Å². The molecule has 0 radical (unpaired) electrons. The highest BCUT2D eigenvalue weighted by molar-refractivity contribution is 7.89. The van der Waals surface area contributed by atoms with Gasteiger partial charge in [-0.05, 0) is 17.7 Å². The quantitative estimate of drug-likeness (QED) is 0.482. The van der Waals surface area contributed by atoms with E-state index in [2.05, 4.69) is 5.32 Å². The number of para-hydroxylation sites is 1. The molecule has 0 aromatic heterocycles. The molecule has 1 amide bonds. The minimum absolute atomic E-state index is 0.000639. The van der Waals surface area contributed by atoms with Crippen LogP contribution < -0.4 is 10.2 Å². The first-order valence-electron chi connectivity index (χ1n) is 9.73. The van der Waals surface area contributed by atoms with Crippen LogP contribution in [0.1, 0.15) is 5.56 Å². The van der Waals surface area contributed by atoms with Gasteiger partial charge in [0.1, 0.15) is 5.82 Å². The fourth-order valence-corrected chi connectivity index (χ4v) is 4.69. The normalized spacial score (nSPS) is 14.9. The number of hydrogen-bond acceptors (Lipinski definition) is 6. The zero-order chi connectivity index (χ0) is 22.4. The second kappa shape index (κ2) is 9.84. The SMILES string of the molecule is O=C(Cc1ccc([N+](=O)[O-])cc1)NCCS(=O)(=O)N1CCN(c2ccccc2F)CC1. The summed E-state index contributed by atoms with van der Waals surface area (Å²) in [6.07, 6.45) is -0.000639. The van der Waals surface area contributed by atoms with Crippen molar-refractivity contribution in [1.29, 1.82) is 0 Å². The molecule has 31 heavy (non-hydrogen) atoms. The van der Waals surface area contributed by atoms with Crippen molar-refractivity contribution < 1.29 is 22.5 Å². The first kappa shape index (κ1) is 22.6. The van der Waals surface area contributed by atoms with Crippen LogP contribution in [-0.2, 0) is 21.2 Å². The average molecular weight is 450 g/mol. The Morgan fingerprint density at radius 2 is 1.71 bits per heavy atom. The lowest BCUT2D eigenvalue weighted by molar-refractivity contribution is -0.384. The summed E-state index contributed by atoms with van der Waals surface area (Å²) in [5.41, 5.74) is 0.985. The number of carbonyl (C=O) groups excluding carboxylic acids is 1. The molecule has 1 aliphatic heterocycles. The molecule has 1 aliphatic rings. The highest BCUT2D eigenvalue weighted by atomic mass is 32.2. The number of amides is 1. The fourth-order valence-electron chi connectivity index (χ4n) is 3.35. The van der Waals surface area contributed by atoms with Crippen molar-refractivity contribution in [2.45, 2.75) is 6.42 Å².